The predicted molar refractivity (Wildman–Crippen MR) is 108 cm³/mol. The number of halogens is 1. The first-order valence-corrected chi connectivity index (χ1v) is 9.46. The monoisotopic (exact) mass is 378 g/mol. The summed E-state index contributed by atoms with van der Waals surface area (Å²) in [7, 11) is 0. The Bertz CT molecular complexity index is 1010. The van der Waals surface area contributed by atoms with Crippen LogP contribution in [0.3, 0.4) is 0 Å². The highest BCUT2D eigenvalue weighted by atomic mass is 19.1. The SMILES string of the molecule is Cc1ccc2c(n1)CN(/C(=N/C=N)c1[nH]c(C)nc1C1=C(F)C=CCC1)CC2. The van der Waals surface area contributed by atoms with Gasteiger partial charge in [-0.25, -0.2) is 14.4 Å². The number of amidine groups is 1. The summed E-state index contributed by atoms with van der Waals surface area (Å²) in [6, 6.07) is 4.16. The van der Waals surface area contributed by atoms with Gasteiger partial charge in [0.2, 0.25) is 0 Å². The summed E-state index contributed by atoms with van der Waals surface area (Å²) >= 11 is 0. The lowest BCUT2D eigenvalue weighted by Gasteiger charge is -2.30. The van der Waals surface area contributed by atoms with Crippen molar-refractivity contribution in [3.05, 3.63) is 64.3 Å². The molecule has 6 nitrogen and oxygen atoms in total. The first kappa shape index (κ1) is 18.3. The topological polar surface area (TPSA) is 81.0 Å². The van der Waals surface area contributed by atoms with Gasteiger partial charge in [-0.2, -0.15) is 0 Å². The Morgan fingerprint density at radius 2 is 2.14 bits per heavy atom. The summed E-state index contributed by atoms with van der Waals surface area (Å²) in [5.74, 6) is 1.05. The van der Waals surface area contributed by atoms with E-state index in [9.17, 15) is 4.39 Å². The molecular weight excluding hydrogens is 355 g/mol. The van der Waals surface area contributed by atoms with Gasteiger partial charge in [0.15, 0.2) is 5.84 Å². The van der Waals surface area contributed by atoms with Crippen LogP contribution in [0.5, 0.6) is 0 Å². The van der Waals surface area contributed by atoms with Crippen LogP contribution in [0, 0.1) is 19.3 Å². The van der Waals surface area contributed by atoms with Gasteiger partial charge < -0.3 is 9.88 Å². The quantitative estimate of drug-likeness (QED) is 0.628. The van der Waals surface area contributed by atoms with Crippen LogP contribution in [0.15, 0.2) is 35.1 Å². The van der Waals surface area contributed by atoms with Gasteiger partial charge in [0.25, 0.3) is 0 Å². The third kappa shape index (κ3) is 3.40. The second-order valence-corrected chi connectivity index (χ2v) is 7.13. The lowest BCUT2D eigenvalue weighted by atomic mass is 9.98. The Morgan fingerprint density at radius 3 is 2.93 bits per heavy atom. The summed E-state index contributed by atoms with van der Waals surface area (Å²) in [4.78, 5) is 18.9. The maximum absolute atomic E-state index is 14.5. The first-order valence-electron chi connectivity index (χ1n) is 9.46. The molecule has 0 bridgehead atoms. The molecule has 1 aliphatic carbocycles. The Balaban J connectivity index is 1.75. The van der Waals surface area contributed by atoms with E-state index in [4.69, 9.17) is 5.41 Å². The molecule has 7 heteroatoms. The standard InChI is InChI=1S/C21H23FN6/c1-13-7-8-15-9-10-28(11-18(15)25-13)21(24-12-23)20-19(26-14(2)27-20)16-5-3-4-6-17(16)22/h4,6-8,12,23H,3,5,9-11H2,1-2H3,(H,26,27)/b23-12?,24-21+. The Labute approximate surface area is 163 Å². The van der Waals surface area contributed by atoms with Crippen molar-refractivity contribution in [3.8, 4) is 0 Å². The highest BCUT2D eigenvalue weighted by Gasteiger charge is 2.27. The van der Waals surface area contributed by atoms with Crippen molar-refractivity contribution in [3.63, 3.8) is 0 Å². The number of allylic oxidation sites excluding steroid dienone is 4. The number of hydrogen-bond donors (Lipinski definition) is 2. The molecule has 0 atom stereocenters. The van der Waals surface area contributed by atoms with Gasteiger partial charge in [0.05, 0.1) is 17.9 Å². The second kappa shape index (κ2) is 7.50. The normalized spacial score (nSPS) is 17.1. The van der Waals surface area contributed by atoms with Crippen molar-refractivity contribution in [1.29, 1.82) is 5.41 Å². The van der Waals surface area contributed by atoms with Crippen LogP contribution in [0.4, 0.5) is 4.39 Å². The highest BCUT2D eigenvalue weighted by Crippen LogP contribution is 2.31. The third-order valence-electron chi connectivity index (χ3n) is 5.13. The van der Waals surface area contributed by atoms with Crippen LogP contribution in [0.25, 0.3) is 5.57 Å². The lowest BCUT2D eigenvalue weighted by molar-refractivity contribution is 0.386. The molecule has 0 aromatic carbocycles. The van der Waals surface area contributed by atoms with Crippen molar-refractivity contribution >= 4 is 17.7 Å². The van der Waals surface area contributed by atoms with Crippen molar-refractivity contribution in [1.82, 2.24) is 19.9 Å². The second-order valence-electron chi connectivity index (χ2n) is 7.13. The summed E-state index contributed by atoms with van der Waals surface area (Å²) in [6.07, 6.45) is 6.60. The number of H-pyrrole nitrogens is 1. The van der Waals surface area contributed by atoms with E-state index in [0.717, 1.165) is 37.1 Å². The molecule has 0 saturated heterocycles. The van der Waals surface area contributed by atoms with Crippen LogP contribution < -0.4 is 0 Å². The van der Waals surface area contributed by atoms with Crippen LogP contribution in [-0.2, 0) is 13.0 Å². The van der Waals surface area contributed by atoms with Crippen molar-refractivity contribution in [2.24, 2.45) is 4.99 Å². The molecule has 2 aromatic rings. The maximum atomic E-state index is 14.5. The summed E-state index contributed by atoms with van der Waals surface area (Å²) < 4.78 is 14.5. The zero-order chi connectivity index (χ0) is 19.7. The fourth-order valence-corrected chi connectivity index (χ4v) is 3.80. The number of aromatic nitrogens is 3. The fourth-order valence-electron chi connectivity index (χ4n) is 3.80. The summed E-state index contributed by atoms with van der Waals surface area (Å²) in [6.45, 7) is 5.18. The van der Waals surface area contributed by atoms with Gasteiger partial charge in [-0.1, -0.05) is 12.1 Å². The highest BCUT2D eigenvalue weighted by molar-refractivity contribution is 6.04. The molecule has 0 radical (unpaired) electrons. The van der Waals surface area contributed by atoms with Crippen LogP contribution >= 0.6 is 0 Å². The Morgan fingerprint density at radius 1 is 1.29 bits per heavy atom. The van der Waals surface area contributed by atoms with E-state index in [1.165, 1.54) is 11.6 Å². The number of imidazole rings is 1. The van der Waals surface area contributed by atoms with E-state index in [-0.39, 0.29) is 5.83 Å². The van der Waals surface area contributed by atoms with E-state index in [1.54, 1.807) is 0 Å². The molecule has 28 heavy (non-hydrogen) atoms. The number of fused-ring (bicyclic) bond motifs is 1. The molecule has 144 valence electrons. The molecule has 0 amide bonds. The molecule has 2 aliphatic rings. The molecule has 0 unspecified atom stereocenters. The Hall–Kier alpha value is -3.09. The molecule has 0 spiro atoms. The number of nitrogens with one attached hydrogen (secondary N) is 2. The zero-order valence-electron chi connectivity index (χ0n) is 16.1. The van der Waals surface area contributed by atoms with Gasteiger partial charge in [-0.05, 0) is 50.8 Å². The van der Waals surface area contributed by atoms with E-state index in [1.807, 2.05) is 26.0 Å². The average Bonchev–Trinajstić information content (AvgIpc) is 3.07. The van der Waals surface area contributed by atoms with E-state index in [0.29, 0.717) is 41.6 Å². The zero-order valence-corrected chi connectivity index (χ0v) is 16.1. The molecule has 0 fully saturated rings. The first-order chi connectivity index (χ1) is 13.6. The minimum Gasteiger partial charge on any atom is -0.349 e. The number of rotatable bonds is 3. The van der Waals surface area contributed by atoms with Gasteiger partial charge >= 0.3 is 0 Å². The number of nitrogens with zero attached hydrogens (tertiary/aromatic N) is 4. The van der Waals surface area contributed by atoms with E-state index < -0.39 is 0 Å². The van der Waals surface area contributed by atoms with Crippen molar-refractivity contribution in [2.45, 2.75) is 39.7 Å². The fraction of sp³-hybridized carbons (Fsp3) is 0.333. The number of pyridine rings is 1. The summed E-state index contributed by atoms with van der Waals surface area (Å²) in [5, 5.41) is 7.56. The third-order valence-corrected chi connectivity index (χ3v) is 5.13. The van der Waals surface area contributed by atoms with Crippen molar-refractivity contribution < 1.29 is 4.39 Å². The van der Waals surface area contributed by atoms with Gasteiger partial charge in [0.1, 0.15) is 23.7 Å². The molecule has 1 aliphatic heterocycles. The van der Waals surface area contributed by atoms with Crippen LogP contribution in [0.2, 0.25) is 0 Å². The molecule has 2 N–H and O–H groups in total. The van der Waals surface area contributed by atoms with Gasteiger partial charge in [-0.3, -0.25) is 10.4 Å². The molecule has 3 heterocycles. The largest absolute Gasteiger partial charge is 0.349 e. The number of hydrogen-bond acceptors (Lipinski definition) is 3. The van der Waals surface area contributed by atoms with Gasteiger partial charge in [0, 0.05) is 17.8 Å². The van der Waals surface area contributed by atoms with Crippen LogP contribution in [0.1, 0.15) is 47.0 Å². The van der Waals surface area contributed by atoms with Crippen molar-refractivity contribution in [2.75, 3.05) is 6.54 Å². The predicted octanol–water partition coefficient (Wildman–Crippen LogP) is 3.86. The summed E-state index contributed by atoms with van der Waals surface area (Å²) in [5.41, 5.74) is 5.08. The minimum atomic E-state index is -0.255. The molecule has 2 aromatic heterocycles. The molecule has 0 saturated carbocycles. The van der Waals surface area contributed by atoms with Crippen LogP contribution in [-0.4, -0.2) is 38.6 Å². The van der Waals surface area contributed by atoms with E-state index in [2.05, 4.69) is 30.9 Å². The molecule has 4 rings (SSSR count). The maximum Gasteiger partial charge on any atom is 0.156 e. The Kier molecular flexibility index (Phi) is 4.90. The van der Waals surface area contributed by atoms with E-state index >= 15 is 0 Å². The van der Waals surface area contributed by atoms with Gasteiger partial charge in [-0.15, -0.1) is 0 Å². The minimum absolute atomic E-state index is 0.255. The smallest absolute Gasteiger partial charge is 0.156 e. The number of aromatic amines is 1. The lowest BCUT2D eigenvalue weighted by Crippen LogP contribution is -2.38. The molecular formula is C21H23FN6. The average molecular weight is 378 g/mol. The number of aliphatic imine (C=N–C) groups is 1. The number of aryl methyl sites for hydroxylation is 2.